The Hall–Kier alpha value is -1.22. The first-order chi connectivity index (χ1) is 8.83. The highest BCUT2D eigenvalue weighted by Gasteiger charge is 2.24. The summed E-state index contributed by atoms with van der Waals surface area (Å²) in [7, 11) is 0. The van der Waals surface area contributed by atoms with E-state index in [2.05, 4.69) is 0 Å². The molecule has 0 atom stereocenters. The van der Waals surface area contributed by atoms with Crippen LogP contribution in [0, 0.1) is 0 Å². The molecule has 1 amide bonds. The van der Waals surface area contributed by atoms with Gasteiger partial charge in [-0.25, -0.2) is 0 Å². The molecule has 4 heteroatoms. The minimum Gasteiger partial charge on any atom is -0.482 e. The normalized spacial score (nSPS) is 14.3. The number of para-hydroxylation sites is 2. The average Bonchev–Trinajstić information content (AvgIpc) is 2.41. The monoisotopic (exact) mass is 267 g/mol. The molecule has 18 heavy (non-hydrogen) atoms. The third kappa shape index (κ3) is 3.16. The molecule has 0 aromatic heterocycles. The SMILES string of the molecule is O=C1COc2ccccc2N1CCCCCCCl. The molecule has 0 bridgehead atoms. The molecule has 1 aromatic rings. The van der Waals surface area contributed by atoms with Gasteiger partial charge in [-0.05, 0) is 25.0 Å². The number of anilines is 1. The number of alkyl halides is 1. The van der Waals surface area contributed by atoms with Crippen molar-refractivity contribution in [3.63, 3.8) is 0 Å². The molecule has 0 saturated carbocycles. The molecule has 3 nitrogen and oxygen atoms in total. The zero-order chi connectivity index (χ0) is 12.8. The van der Waals surface area contributed by atoms with Crippen LogP contribution in [0.15, 0.2) is 24.3 Å². The Bertz CT molecular complexity index is 409. The molecule has 0 radical (unpaired) electrons. The van der Waals surface area contributed by atoms with Gasteiger partial charge in [0, 0.05) is 12.4 Å². The van der Waals surface area contributed by atoms with E-state index >= 15 is 0 Å². The lowest BCUT2D eigenvalue weighted by Gasteiger charge is -2.29. The average molecular weight is 268 g/mol. The van der Waals surface area contributed by atoms with Crippen molar-refractivity contribution in [3.8, 4) is 5.75 Å². The molecule has 0 saturated heterocycles. The lowest BCUT2D eigenvalue weighted by Crippen LogP contribution is -2.39. The number of hydrogen-bond donors (Lipinski definition) is 0. The van der Waals surface area contributed by atoms with Crippen LogP contribution in [0.3, 0.4) is 0 Å². The summed E-state index contributed by atoms with van der Waals surface area (Å²) in [4.78, 5) is 13.7. The second-order valence-electron chi connectivity index (χ2n) is 4.40. The van der Waals surface area contributed by atoms with Crippen LogP contribution < -0.4 is 9.64 Å². The molecule has 1 aliphatic heterocycles. The molecule has 0 spiro atoms. The summed E-state index contributed by atoms with van der Waals surface area (Å²) in [5.41, 5.74) is 0.895. The smallest absolute Gasteiger partial charge is 0.265 e. The Labute approximate surface area is 113 Å². The maximum Gasteiger partial charge on any atom is 0.265 e. The summed E-state index contributed by atoms with van der Waals surface area (Å²) in [6, 6.07) is 7.70. The molecule has 0 N–H and O–H groups in total. The van der Waals surface area contributed by atoms with Crippen LogP contribution in [0.2, 0.25) is 0 Å². The molecular formula is C14H18ClNO2. The number of rotatable bonds is 6. The minimum absolute atomic E-state index is 0.0473. The van der Waals surface area contributed by atoms with E-state index in [1.807, 2.05) is 29.2 Å². The summed E-state index contributed by atoms with van der Waals surface area (Å²) in [6.45, 7) is 0.917. The Morgan fingerprint density at radius 2 is 1.94 bits per heavy atom. The third-order valence-electron chi connectivity index (χ3n) is 3.07. The molecule has 0 unspecified atom stereocenters. The van der Waals surface area contributed by atoms with Crippen molar-refractivity contribution < 1.29 is 9.53 Å². The van der Waals surface area contributed by atoms with Gasteiger partial charge in [-0.1, -0.05) is 25.0 Å². The van der Waals surface area contributed by atoms with Gasteiger partial charge in [0.05, 0.1) is 5.69 Å². The van der Waals surface area contributed by atoms with Crippen LogP contribution in [0.25, 0.3) is 0 Å². The van der Waals surface area contributed by atoms with E-state index in [9.17, 15) is 4.79 Å². The van der Waals surface area contributed by atoms with Crippen molar-refractivity contribution in [1.82, 2.24) is 0 Å². The van der Waals surface area contributed by atoms with Gasteiger partial charge >= 0.3 is 0 Å². The zero-order valence-corrected chi connectivity index (χ0v) is 11.2. The van der Waals surface area contributed by atoms with Crippen LogP contribution in [-0.2, 0) is 4.79 Å². The number of nitrogens with zero attached hydrogens (tertiary/aromatic N) is 1. The molecule has 1 heterocycles. The Morgan fingerprint density at radius 1 is 1.17 bits per heavy atom. The lowest BCUT2D eigenvalue weighted by atomic mass is 10.1. The highest BCUT2D eigenvalue weighted by Crippen LogP contribution is 2.31. The fraction of sp³-hybridized carbons (Fsp3) is 0.500. The summed E-state index contributed by atoms with van der Waals surface area (Å²) in [5, 5.41) is 0. The molecule has 98 valence electrons. The molecular weight excluding hydrogens is 250 g/mol. The molecule has 1 aromatic carbocycles. The number of ether oxygens (including phenoxy) is 1. The van der Waals surface area contributed by atoms with Crippen molar-refractivity contribution in [2.75, 3.05) is 23.9 Å². The van der Waals surface area contributed by atoms with Crippen molar-refractivity contribution >= 4 is 23.2 Å². The summed E-state index contributed by atoms with van der Waals surface area (Å²) in [5.74, 6) is 1.57. The van der Waals surface area contributed by atoms with Crippen molar-refractivity contribution in [2.24, 2.45) is 0 Å². The van der Waals surface area contributed by atoms with E-state index < -0.39 is 0 Å². The van der Waals surface area contributed by atoms with Gasteiger partial charge in [0.2, 0.25) is 0 Å². The Balaban J connectivity index is 1.93. The van der Waals surface area contributed by atoms with Crippen molar-refractivity contribution in [3.05, 3.63) is 24.3 Å². The highest BCUT2D eigenvalue weighted by atomic mass is 35.5. The van der Waals surface area contributed by atoms with E-state index in [0.717, 1.165) is 49.5 Å². The van der Waals surface area contributed by atoms with Gasteiger partial charge in [-0.3, -0.25) is 4.79 Å². The van der Waals surface area contributed by atoms with E-state index in [-0.39, 0.29) is 12.5 Å². The van der Waals surface area contributed by atoms with E-state index in [0.29, 0.717) is 0 Å². The van der Waals surface area contributed by atoms with Crippen LogP contribution in [0.1, 0.15) is 25.7 Å². The first-order valence-corrected chi connectivity index (χ1v) is 6.94. The summed E-state index contributed by atoms with van der Waals surface area (Å²) in [6.07, 6.45) is 4.30. The predicted octanol–water partition coefficient (Wildman–Crippen LogP) is 3.21. The fourth-order valence-electron chi connectivity index (χ4n) is 2.12. The number of amides is 1. The number of carbonyl (C=O) groups excluding carboxylic acids is 1. The number of benzene rings is 1. The zero-order valence-electron chi connectivity index (χ0n) is 10.4. The summed E-state index contributed by atoms with van der Waals surface area (Å²) < 4.78 is 5.40. The summed E-state index contributed by atoms with van der Waals surface area (Å²) >= 11 is 5.64. The number of carbonyl (C=O) groups is 1. The van der Waals surface area contributed by atoms with E-state index in [1.165, 1.54) is 0 Å². The highest BCUT2D eigenvalue weighted by molar-refractivity contribution is 6.17. The molecule has 2 rings (SSSR count). The van der Waals surface area contributed by atoms with Crippen molar-refractivity contribution in [2.45, 2.75) is 25.7 Å². The number of unbranched alkanes of at least 4 members (excludes halogenated alkanes) is 3. The van der Waals surface area contributed by atoms with Crippen LogP contribution in [0.5, 0.6) is 5.75 Å². The van der Waals surface area contributed by atoms with Crippen molar-refractivity contribution in [1.29, 1.82) is 0 Å². The Kier molecular flexibility index (Phi) is 4.88. The van der Waals surface area contributed by atoms with Crippen LogP contribution >= 0.6 is 11.6 Å². The number of halogens is 1. The van der Waals surface area contributed by atoms with Gasteiger partial charge in [0.1, 0.15) is 5.75 Å². The van der Waals surface area contributed by atoms with Gasteiger partial charge in [-0.15, -0.1) is 11.6 Å². The van der Waals surface area contributed by atoms with E-state index in [1.54, 1.807) is 0 Å². The Morgan fingerprint density at radius 3 is 2.78 bits per heavy atom. The van der Waals surface area contributed by atoms with E-state index in [4.69, 9.17) is 16.3 Å². The third-order valence-corrected chi connectivity index (χ3v) is 3.34. The number of hydrogen-bond acceptors (Lipinski definition) is 2. The first kappa shape index (κ1) is 13.2. The van der Waals surface area contributed by atoms with Gasteiger partial charge < -0.3 is 9.64 Å². The fourth-order valence-corrected chi connectivity index (χ4v) is 2.31. The molecule has 0 fully saturated rings. The first-order valence-electron chi connectivity index (χ1n) is 6.41. The van der Waals surface area contributed by atoms with Gasteiger partial charge in [0.25, 0.3) is 5.91 Å². The van der Waals surface area contributed by atoms with Crippen LogP contribution in [0.4, 0.5) is 5.69 Å². The predicted molar refractivity (Wildman–Crippen MR) is 73.5 cm³/mol. The second kappa shape index (κ2) is 6.64. The topological polar surface area (TPSA) is 29.5 Å². The molecule has 0 aliphatic carbocycles. The van der Waals surface area contributed by atoms with Gasteiger partial charge in [0.15, 0.2) is 6.61 Å². The number of fused-ring (bicyclic) bond motifs is 1. The maximum atomic E-state index is 11.9. The standard InChI is InChI=1S/C14H18ClNO2/c15-9-5-1-2-6-10-16-12-7-3-4-8-13(12)18-11-14(16)17/h3-4,7-8H,1-2,5-6,9-11H2. The van der Waals surface area contributed by atoms with Gasteiger partial charge in [-0.2, -0.15) is 0 Å². The minimum atomic E-state index is 0.0473. The lowest BCUT2D eigenvalue weighted by molar-refractivity contribution is -0.121. The second-order valence-corrected chi connectivity index (χ2v) is 4.78. The molecule has 1 aliphatic rings. The maximum absolute atomic E-state index is 11.9. The van der Waals surface area contributed by atoms with Crippen LogP contribution in [-0.4, -0.2) is 24.9 Å². The largest absolute Gasteiger partial charge is 0.482 e. The quantitative estimate of drug-likeness (QED) is 0.585.